The number of carboxylic acids is 1. The molecule has 0 atom stereocenters. The van der Waals surface area contributed by atoms with Gasteiger partial charge in [0, 0.05) is 8.96 Å². The number of hydrogen-bond acceptors (Lipinski definition) is 3. The van der Waals surface area contributed by atoms with Crippen molar-refractivity contribution in [3.8, 4) is 0 Å². The molecule has 0 saturated carbocycles. The number of hydrogen-bond donors (Lipinski definition) is 1. The average molecular weight is 402 g/mol. The van der Waals surface area contributed by atoms with E-state index in [2.05, 4.69) is 32.6 Å². The average Bonchev–Trinajstić information content (AvgIpc) is 2.53. The third-order valence-corrected chi connectivity index (χ3v) is 4.07. The normalized spacial score (nSPS) is 11.1. The molecule has 0 aliphatic carbocycles. The molecule has 5 heteroatoms. The van der Waals surface area contributed by atoms with E-state index < -0.39 is 5.97 Å². The number of nitrogens with zero attached hydrogens (tertiary/aromatic N) is 2. The molecule has 0 amide bonds. The number of carbonyl (C=O) groups is 1. The molecule has 3 rings (SSSR count). The van der Waals surface area contributed by atoms with Crippen LogP contribution in [-0.4, -0.2) is 22.3 Å². The molecule has 22 heavy (non-hydrogen) atoms. The summed E-state index contributed by atoms with van der Waals surface area (Å²) in [5, 5.41) is 9.99. The maximum absolute atomic E-state index is 11.4. The van der Waals surface area contributed by atoms with Gasteiger partial charge in [-0.2, -0.15) is 0 Å². The van der Waals surface area contributed by atoms with Crippen LogP contribution in [0.3, 0.4) is 0 Å². The quantitative estimate of drug-likeness (QED) is 0.525. The van der Waals surface area contributed by atoms with Crippen molar-refractivity contribution in [3.05, 3.63) is 69.4 Å². The first-order valence-electron chi connectivity index (χ1n) is 6.57. The van der Waals surface area contributed by atoms with Gasteiger partial charge in [0.05, 0.1) is 28.7 Å². The Labute approximate surface area is 140 Å². The van der Waals surface area contributed by atoms with Crippen molar-refractivity contribution in [2.24, 2.45) is 4.99 Å². The van der Waals surface area contributed by atoms with Crippen molar-refractivity contribution in [3.63, 3.8) is 0 Å². The summed E-state index contributed by atoms with van der Waals surface area (Å²) >= 11 is 2.21. The van der Waals surface area contributed by atoms with Gasteiger partial charge in [-0.1, -0.05) is 30.3 Å². The fourth-order valence-corrected chi connectivity index (χ4v) is 2.66. The van der Waals surface area contributed by atoms with Crippen LogP contribution in [0.1, 0.15) is 16.1 Å². The van der Waals surface area contributed by atoms with Crippen LogP contribution in [0, 0.1) is 3.57 Å². The topological polar surface area (TPSA) is 62.5 Å². The number of benzene rings is 2. The lowest BCUT2D eigenvalue weighted by Crippen LogP contribution is -2.01. The SMILES string of the molecule is O=C(O)c1cc(C=Nc2ccccc2I)nc2ccccc12. The van der Waals surface area contributed by atoms with Crippen LogP contribution in [0.2, 0.25) is 0 Å². The van der Waals surface area contributed by atoms with Crippen LogP contribution < -0.4 is 0 Å². The third-order valence-electron chi connectivity index (χ3n) is 3.15. The number of halogens is 1. The Morgan fingerprint density at radius 1 is 1.14 bits per heavy atom. The minimum Gasteiger partial charge on any atom is -0.478 e. The minimum atomic E-state index is -0.970. The Kier molecular flexibility index (Phi) is 4.15. The van der Waals surface area contributed by atoms with Gasteiger partial charge in [0.2, 0.25) is 0 Å². The summed E-state index contributed by atoms with van der Waals surface area (Å²) in [4.78, 5) is 20.3. The Morgan fingerprint density at radius 3 is 2.64 bits per heavy atom. The van der Waals surface area contributed by atoms with Gasteiger partial charge in [-0.3, -0.25) is 4.99 Å². The Balaban J connectivity index is 2.08. The van der Waals surface area contributed by atoms with Gasteiger partial charge in [0.25, 0.3) is 0 Å². The van der Waals surface area contributed by atoms with E-state index in [9.17, 15) is 9.90 Å². The lowest BCUT2D eigenvalue weighted by molar-refractivity contribution is 0.0699. The highest BCUT2D eigenvalue weighted by molar-refractivity contribution is 14.1. The van der Waals surface area contributed by atoms with Crippen molar-refractivity contribution in [2.75, 3.05) is 0 Å². The Hall–Kier alpha value is -2.28. The fraction of sp³-hybridized carbons (Fsp3) is 0. The van der Waals surface area contributed by atoms with Gasteiger partial charge in [-0.05, 0) is 46.9 Å². The van der Waals surface area contributed by atoms with E-state index in [1.165, 1.54) is 0 Å². The third kappa shape index (κ3) is 2.99. The summed E-state index contributed by atoms with van der Waals surface area (Å²) in [6.45, 7) is 0. The standard InChI is InChI=1S/C17H11IN2O2/c18-14-6-2-4-8-16(14)19-10-11-9-13(17(21)22)12-5-1-3-7-15(12)20-11/h1-10H,(H,21,22). The largest absolute Gasteiger partial charge is 0.478 e. The molecular weight excluding hydrogens is 391 g/mol. The number of aromatic nitrogens is 1. The number of fused-ring (bicyclic) bond motifs is 1. The number of rotatable bonds is 3. The molecule has 4 nitrogen and oxygen atoms in total. The van der Waals surface area contributed by atoms with Crippen LogP contribution in [0.4, 0.5) is 5.69 Å². The van der Waals surface area contributed by atoms with E-state index in [-0.39, 0.29) is 5.56 Å². The molecule has 1 aromatic heterocycles. The molecule has 0 unspecified atom stereocenters. The number of carboxylic acid groups (broad SMARTS) is 1. The minimum absolute atomic E-state index is 0.231. The predicted molar refractivity (Wildman–Crippen MR) is 95.1 cm³/mol. The van der Waals surface area contributed by atoms with E-state index in [0.29, 0.717) is 16.6 Å². The van der Waals surface area contributed by atoms with Gasteiger partial charge >= 0.3 is 5.97 Å². The number of aromatic carboxylic acids is 1. The summed E-state index contributed by atoms with van der Waals surface area (Å²) < 4.78 is 1.02. The van der Waals surface area contributed by atoms with E-state index in [0.717, 1.165) is 9.26 Å². The number of aliphatic imine (C=N–C) groups is 1. The fourth-order valence-electron chi connectivity index (χ4n) is 2.13. The smallest absolute Gasteiger partial charge is 0.336 e. The first-order valence-corrected chi connectivity index (χ1v) is 7.65. The van der Waals surface area contributed by atoms with E-state index in [1.807, 2.05) is 30.3 Å². The number of para-hydroxylation sites is 2. The summed E-state index contributed by atoms with van der Waals surface area (Å²) in [5.74, 6) is -0.970. The first kappa shape index (κ1) is 14.6. The molecular formula is C17H11IN2O2. The number of pyridine rings is 1. The van der Waals surface area contributed by atoms with Gasteiger partial charge in [-0.15, -0.1) is 0 Å². The maximum atomic E-state index is 11.4. The molecule has 0 saturated heterocycles. The van der Waals surface area contributed by atoms with E-state index >= 15 is 0 Å². The van der Waals surface area contributed by atoms with Gasteiger partial charge < -0.3 is 5.11 Å². The molecule has 0 aliphatic heterocycles. The van der Waals surface area contributed by atoms with Crippen molar-refractivity contribution < 1.29 is 9.90 Å². The zero-order chi connectivity index (χ0) is 15.5. The van der Waals surface area contributed by atoms with Gasteiger partial charge in [0.1, 0.15) is 0 Å². The molecule has 108 valence electrons. The highest BCUT2D eigenvalue weighted by Gasteiger charge is 2.10. The summed E-state index contributed by atoms with van der Waals surface area (Å²) in [6.07, 6.45) is 1.59. The second-order valence-electron chi connectivity index (χ2n) is 4.63. The second kappa shape index (κ2) is 6.23. The van der Waals surface area contributed by atoms with Crippen LogP contribution in [0.25, 0.3) is 10.9 Å². The zero-order valence-corrected chi connectivity index (χ0v) is 13.6. The Bertz CT molecular complexity index is 891. The van der Waals surface area contributed by atoms with Crippen molar-refractivity contribution >= 4 is 51.4 Å². The molecule has 1 heterocycles. The molecule has 2 aromatic carbocycles. The van der Waals surface area contributed by atoms with Gasteiger partial charge in [0.15, 0.2) is 0 Å². The molecule has 0 radical (unpaired) electrons. The van der Waals surface area contributed by atoms with E-state index in [4.69, 9.17) is 0 Å². The van der Waals surface area contributed by atoms with Gasteiger partial charge in [-0.25, -0.2) is 9.78 Å². The summed E-state index contributed by atoms with van der Waals surface area (Å²) in [5.41, 5.74) is 2.23. The van der Waals surface area contributed by atoms with Crippen LogP contribution in [0.15, 0.2) is 59.6 Å². The summed E-state index contributed by atoms with van der Waals surface area (Å²) in [6, 6.07) is 16.4. The zero-order valence-electron chi connectivity index (χ0n) is 11.4. The van der Waals surface area contributed by atoms with Crippen LogP contribution in [0.5, 0.6) is 0 Å². The van der Waals surface area contributed by atoms with E-state index in [1.54, 1.807) is 30.5 Å². The molecule has 0 spiro atoms. The Morgan fingerprint density at radius 2 is 1.86 bits per heavy atom. The van der Waals surface area contributed by atoms with Crippen molar-refractivity contribution in [2.45, 2.75) is 0 Å². The highest BCUT2D eigenvalue weighted by atomic mass is 127. The first-order chi connectivity index (χ1) is 10.6. The molecule has 1 N–H and O–H groups in total. The maximum Gasteiger partial charge on any atom is 0.336 e. The molecule has 0 aliphatic rings. The lowest BCUT2D eigenvalue weighted by Gasteiger charge is -2.04. The van der Waals surface area contributed by atoms with Crippen LogP contribution >= 0.6 is 22.6 Å². The van der Waals surface area contributed by atoms with Crippen LogP contribution in [-0.2, 0) is 0 Å². The highest BCUT2D eigenvalue weighted by Crippen LogP contribution is 2.21. The predicted octanol–water partition coefficient (Wildman–Crippen LogP) is 4.29. The molecule has 3 aromatic rings. The molecule has 0 bridgehead atoms. The second-order valence-corrected chi connectivity index (χ2v) is 5.79. The molecule has 0 fully saturated rings. The summed E-state index contributed by atoms with van der Waals surface area (Å²) in [7, 11) is 0. The van der Waals surface area contributed by atoms with Crippen molar-refractivity contribution in [1.29, 1.82) is 0 Å². The lowest BCUT2D eigenvalue weighted by atomic mass is 10.1. The van der Waals surface area contributed by atoms with Crippen molar-refractivity contribution in [1.82, 2.24) is 4.98 Å². The monoisotopic (exact) mass is 402 g/mol.